The van der Waals surface area contributed by atoms with Gasteiger partial charge in [-0.3, -0.25) is 5.32 Å². The Bertz CT molecular complexity index is 849. The van der Waals surface area contributed by atoms with Gasteiger partial charge in [-0.25, -0.2) is 18.7 Å². The lowest BCUT2D eigenvalue weighted by Crippen LogP contribution is -2.08. The van der Waals surface area contributed by atoms with Gasteiger partial charge in [0.2, 0.25) is 0 Å². The number of aromatic nitrogens is 3. The topological polar surface area (TPSA) is 79.5 Å². The smallest absolute Gasteiger partial charge is 0.410 e. The first-order chi connectivity index (χ1) is 10.1. The highest BCUT2D eigenvalue weighted by atomic mass is 35.5. The summed E-state index contributed by atoms with van der Waals surface area (Å²) in [5.74, 6) is -0.534. The number of hydrogen-bond donors (Lipinski definition) is 2. The number of carbonyl (C=O) groups is 1. The van der Waals surface area contributed by atoms with Gasteiger partial charge in [-0.2, -0.15) is 0 Å². The lowest BCUT2D eigenvalue weighted by Gasteiger charge is -2.03. The van der Waals surface area contributed by atoms with Crippen molar-refractivity contribution < 1.29 is 14.3 Å². The molecule has 0 aliphatic rings. The van der Waals surface area contributed by atoms with Crippen LogP contribution in [0.3, 0.4) is 0 Å². The van der Waals surface area contributed by atoms with Crippen molar-refractivity contribution in [2.75, 3.05) is 5.32 Å². The number of nitrogens with zero attached hydrogens (tertiary/aromatic N) is 3. The standard InChI is InChI=1S/C13H8ClFN4O2/c14-8-3-2-7(6-9(8)15)10-11(17-13(20)21)18-19-5-1-4-16-12(10)19/h1-6H,(H,17,18)(H,20,21). The van der Waals surface area contributed by atoms with E-state index in [1.807, 2.05) is 0 Å². The Hall–Kier alpha value is -2.67. The van der Waals surface area contributed by atoms with Crippen LogP contribution in [-0.2, 0) is 0 Å². The quantitative estimate of drug-likeness (QED) is 0.761. The Morgan fingerprint density at radius 3 is 2.95 bits per heavy atom. The molecule has 1 amide bonds. The molecule has 0 aliphatic heterocycles. The lowest BCUT2D eigenvalue weighted by molar-refractivity contribution is 0.209. The third kappa shape index (κ3) is 2.38. The fourth-order valence-corrected chi connectivity index (χ4v) is 2.11. The van der Waals surface area contributed by atoms with Gasteiger partial charge in [0.1, 0.15) is 5.82 Å². The van der Waals surface area contributed by atoms with Crippen LogP contribution in [0, 0.1) is 5.82 Å². The zero-order valence-electron chi connectivity index (χ0n) is 10.4. The molecule has 0 radical (unpaired) electrons. The van der Waals surface area contributed by atoms with Crippen LogP contribution in [0.5, 0.6) is 0 Å². The van der Waals surface area contributed by atoms with E-state index in [-0.39, 0.29) is 10.8 Å². The highest BCUT2D eigenvalue weighted by Crippen LogP contribution is 2.32. The van der Waals surface area contributed by atoms with E-state index < -0.39 is 11.9 Å². The van der Waals surface area contributed by atoms with Crippen LogP contribution in [0.2, 0.25) is 5.02 Å². The molecule has 0 saturated heterocycles. The Kier molecular flexibility index (Phi) is 3.19. The number of nitrogens with one attached hydrogen (secondary N) is 1. The minimum Gasteiger partial charge on any atom is -0.465 e. The molecule has 0 bridgehead atoms. The third-order valence-electron chi connectivity index (χ3n) is 2.83. The molecule has 3 aromatic rings. The zero-order chi connectivity index (χ0) is 15.0. The first-order valence-corrected chi connectivity index (χ1v) is 6.23. The second kappa shape index (κ2) is 5.02. The van der Waals surface area contributed by atoms with E-state index in [9.17, 15) is 9.18 Å². The van der Waals surface area contributed by atoms with Crippen molar-refractivity contribution in [1.29, 1.82) is 0 Å². The van der Waals surface area contributed by atoms with Crippen molar-refractivity contribution in [3.05, 3.63) is 47.5 Å². The molecule has 1 aromatic carbocycles. The molecule has 106 valence electrons. The average molecular weight is 307 g/mol. The fourth-order valence-electron chi connectivity index (χ4n) is 1.99. The minimum atomic E-state index is -1.27. The summed E-state index contributed by atoms with van der Waals surface area (Å²) in [6, 6.07) is 5.82. The second-order valence-electron chi connectivity index (χ2n) is 4.17. The SMILES string of the molecule is O=C(O)Nc1nn2cccnc2c1-c1ccc(Cl)c(F)c1. The van der Waals surface area contributed by atoms with Crippen LogP contribution in [0.1, 0.15) is 0 Å². The number of rotatable bonds is 2. The molecule has 3 rings (SSSR count). The molecule has 0 saturated carbocycles. The highest BCUT2D eigenvalue weighted by molar-refractivity contribution is 6.30. The molecule has 0 spiro atoms. The Balaban J connectivity index is 2.27. The van der Waals surface area contributed by atoms with E-state index in [1.54, 1.807) is 18.3 Å². The van der Waals surface area contributed by atoms with Gasteiger partial charge >= 0.3 is 6.09 Å². The van der Waals surface area contributed by atoms with Crippen LogP contribution < -0.4 is 5.32 Å². The van der Waals surface area contributed by atoms with Crippen LogP contribution in [0.4, 0.5) is 15.0 Å². The predicted octanol–water partition coefficient (Wildman–Crippen LogP) is 3.28. The monoisotopic (exact) mass is 306 g/mol. The first-order valence-electron chi connectivity index (χ1n) is 5.85. The Morgan fingerprint density at radius 1 is 1.43 bits per heavy atom. The third-order valence-corrected chi connectivity index (χ3v) is 3.14. The molecular formula is C13H8ClFN4O2. The molecular weight excluding hydrogens is 299 g/mol. The summed E-state index contributed by atoms with van der Waals surface area (Å²) in [6.45, 7) is 0. The Morgan fingerprint density at radius 2 is 2.24 bits per heavy atom. The summed E-state index contributed by atoms with van der Waals surface area (Å²) < 4.78 is 15.1. The highest BCUT2D eigenvalue weighted by Gasteiger charge is 2.18. The summed E-state index contributed by atoms with van der Waals surface area (Å²) >= 11 is 5.66. The summed E-state index contributed by atoms with van der Waals surface area (Å²) in [5.41, 5.74) is 1.21. The molecule has 0 unspecified atom stereocenters. The van der Waals surface area contributed by atoms with Gasteiger partial charge in [-0.1, -0.05) is 17.7 Å². The molecule has 8 heteroatoms. The summed E-state index contributed by atoms with van der Waals surface area (Å²) in [4.78, 5) is 15.0. The number of fused-ring (bicyclic) bond motifs is 1. The normalized spacial score (nSPS) is 10.8. The van der Waals surface area contributed by atoms with Crippen LogP contribution >= 0.6 is 11.6 Å². The number of hydrogen-bond acceptors (Lipinski definition) is 3. The van der Waals surface area contributed by atoms with E-state index in [2.05, 4.69) is 15.4 Å². The molecule has 0 atom stereocenters. The van der Waals surface area contributed by atoms with Gasteiger partial charge in [0.05, 0.1) is 10.6 Å². The second-order valence-corrected chi connectivity index (χ2v) is 4.58. The van der Waals surface area contributed by atoms with E-state index in [1.165, 1.54) is 22.8 Å². The van der Waals surface area contributed by atoms with Crippen molar-refractivity contribution in [2.45, 2.75) is 0 Å². The molecule has 2 aromatic heterocycles. The first kappa shape index (κ1) is 13.3. The molecule has 21 heavy (non-hydrogen) atoms. The van der Waals surface area contributed by atoms with Crippen molar-refractivity contribution in [1.82, 2.24) is 14.6 Å². The van der Waals surface area contributed by atoms with E-state index in [4.69, 9.17) is 16.7 Å². The van der Waals surface area contributed by atoms with Gasteiger partial charge in [0.25, 0.3) is 0 Å². The van der Waals surface area contributed by atoms with Crippen LogP contribution in [-0.4, -0.2) is 25.8 Å². The molecule has 0 aliphatic carbocycles. The Labute approximate surface area is 122 Å². The van der Waals surface area contributed by atoms with Crippen molar-refractivity contribution in [2.24, 2.45) is 0 Å². The number of halogens is 2. The minimum absolute atomic E-state index is 0.0177. The maximum Gasteiger partial charge on any atom is 0.410 e. The molecule has 6 nitrogen and oxygen atoms in total. The van der Waals surface area contributed by atoms with Gasteiger partial charge in [0, 0.05) is 12.4 Å². The predicted molar refractivity (Wildman–Crippen MR) is 75.0 cm³/mol. The summed E-state index contributed by atoms with van der Waals surface area (Å²) in [7, 11) is 0. The van der Waals surface area contributed by atoms with Gasteiger partial charge in [0.15, 0.2) is 11.5 Å². The van der Waals surface area contributed by atoms with Crippen LogP contribution in [0.25, 0.3) is 16.8 Å². The maximum atomic E-state index is 13.6. The molecule has 2 heterocycles. The van der Waals surface area contributed by atoms with Gasteiger partial charge in [-0.05, 0) is 23.8 Å². The number of amides is 1. The zero-order valence-corrected chi connectivity index (χ0v) is 11.2. The van der Waals surface area contributed by atoms with Crippen molar-refractivity contribution >= 4 is 29.2 Å². The lowest BCUT2D eigenvalue weighted by atomic mass is 10.1. The van der Waals surface area contributed by atoms with Gasteiger partial charge < -0.3 is 5.11 Å². The van der Waals surface area contributed by atoms with Gasteiger partial charge in [-0.15, -0.1) is 5.10 Å². The van der Waals surface area contributed by atoms with E-state index in [0.29, 0.717) is 16.8 Å². The molecule has 0 fully saturated rings. The van der Waals surface area contributed by atoms with E-state index >= 15 is 0 Å². The van der Waals surface area contributed by atoms with Crippen molar-refractivity contribution in [3.8, 4) is 11.1 Å². The summed E-state index contributed by atoms with van der Waals surface area (Å²) in [6.07, 6.45) is 1.89. The number of benzene rings is 1. The van der Waals surface area contributed by atoms with Crippen molar-refractivity contribution in [3.63, 3.8) is 0 Å². The largest absolute Gasteiger partial charge is 0.465 e. The number of carboxylic acid groups (broad SMARTS) is 1. The van der Waals surface area contributed by atoms with Crippen LogP contribution in [0.15, 0.2) is 36.7 Å². The molecule has 2 N–H and O–H groups in total. The number of anilines is 1. The van der Waals surface area contributed by atoms with E-state index in [0.717, 1.165) is 0 Å². The average Bonchev–Trinajstić information content (AvgIpc) is 2.79. The fraction of sp³-hybridized carbons (Fsp3) is 0. The summed E-state index contributed by atoms with van der Waals surface area (Å²) in [5, 5.41) is 15.1. The maximum absolute atomic E-state index is 13.6.